The van der Waals surface area contributed by atoms with E-state index in [-0.39, 0.29) is 35.3 Å². The molecule has 154 valence electrons. The summed E-state index contributed by atoms with van der Waals surface area (Å²) < 4.78 is 41.4. The molecule has 2 aromatic rings. The van der Waals surface area contributed by atoms with Crippen molar-refractivity contribution in [1.82, 2.24) is 9.88 Å². The first-order valence-corrected chi connectivity index (χ1v) is 10.6. The van der Waals surface area contributed by atoms with Gasteiger partial charge in [-0.25, -0.2) is 22.6 Å². The molecule has 1 aromatic heterocycles. The number of hydrogen-bond acceptors (Lipinski definition) is 9. The second-order valence-electron chi connectivity index (χ2n) is 6.07. The van der Waals surface area contributed by atoms with E-state index < -0.39 is 32.4 Å². The molecule has 1 aliphatic rings. The molecule has 10 nitrogen and oxygen atoms in total. The van der Waals surface area contributed by atoms with E-state index in [2.05, 4.69) is 14.7 Å². The molecule has 0 aliphatic carbocycles. The maximum Gasteiger partial charge on any atom is 0.357 e. The molecule has 29 heavy (non-hydrogen) atoms. The van der Waals surface area contributed by atoms with Crippen molar-refractivity contribution < 1.29 is 27.5 Å². The van der Waals surface area contributed by atoms with E-state index in [1.54, 1.807) is 4.90 Å². The van der Waals surface area contributed by atoms with Crippen molar-refractivity contribution in [1.29, 1.82) is 0 Å². The SMILES string of the molecule is NC1=NCCN1CC(=O)Cc1ccc(S(=O)(=O)Nc2scnc2C(=O)O)cc1F. The normalized spacial score (nSPS) is 14.0. The summed E-state index contributed by atoms with van der Waals surface area (Å²) in [5.74, 6) is -2.30. The average Bonchev–Trinajstić information content (AvgIpc) is 3.25. The third kappa shape index (κ3) is 4.68. The lowest BCUT2D eigenvalue weighted by molar-refractivity contribution is -0.118. The Bertz CT molecular complexity index is 1100. The number of nitrogens with two attached hydrogens (primary N) is 1. The standard InChI is InChI=1S/C16H16FN5O5S2/c17-12-6-11(29(26,27)21-14-13(15(24)25)20-8-28-14)2-1-9(12)5-10(23)7-22-4-3-19-16(22)18/h1-2,6,8,21H,3-5,7H2,(H2,18,19)(H,24,25). The number of ketones is 1. The minimum Gasteiger partial charge on any atom is -0.476 e. The molecule has 0 saturated heterocycles. The Balaban J connectivity index is 1.72. The quantitative estimate of drug-likeness (QED) is 0.536. The van der Waals surface area contributed by atoms with Gasteiger partial charge in [0.2, 0.25) is 0 Å². The number of nitrogens with zero attached hydrogens (tertiary/aromatic N) is 3. The Morgan fingerprint density at radius 2 is 2.14 bits per heavy atom. The van der Waals surface area contributed by atoms with Crippen LogP contribution in [0.25, 0.3) is 0 Å². The zero-order valence-electron chi connectivity index (χ0n) is 14.8. The van der Waals surface area contributed by atoms with Crippen molar-refractivity contribution in [3.8, 4) is 0 Å². The van der Waals surface area contributed by atoms with Gasteiger partial charge in [-0.15, -0.1) is 11.3 Å². The van der Waals surface area contributed by atoms with Crippen LogP contribution in [0.2, 0.25) is 0 Å². The number of carboxylic acids is 1. The minimum absolute atomic E-state index is 0.0142. The van der Waals surface area contributed by atoms with Gasteiger partial charge in [-0.1, -0.05) is 6.07 Å². The third-order valence-corrected chi connectivity index (χ3v) is 6.27. The lowest BCUT2D eigenvalue weighted by Crippen LogP contribution is -2.38. The monoisotopic (exact) mass is 441 g/mol. The molecule has 1 aromatic carbocycles. The van der Waals surface area contributed by atoms with Crippen LogP contribution in [0, 0.1) is 5.82 Å². The highest BCUT2D eigenvalue weighted by molar-refractivity contribution is 7.93. The van der Waals surface area contributed by atoms with Crippen LogP contribution in [0.4, 0.5) is 9.39 Å². The van der Waals surface area contributed by atoms with Gasteiger partial charge < -0.3 is 15.7 Å². The first-order chi connectivity index (χ1) is 13.7. The number of carbonyl (C=O) groups excluding carboxylic acids is 1. The van der Waals surface area contributed by atoms with Crippen molar-refractivity contribution in [3.63, 3.8) is 0 Å². The van der Waals surface area contributed by atoms with Crippen molar-refractivity contribution >= 4 is 44.1 Å². The lowest BCUT2D eigenvalue weighted by Gasteiger charge is -2.16. The van der Waals surface area contributed by atoms with Gasteiger partial charge in [-0.3, -0.25) is 14.5 Å². The Morgan fingerprint density at radius 1 is 1.38 bits per heavy atom. The number of guanidine groups is 1. The van der Waals surface area contributed by atoms with Crippen LogP contribution in [-0.2, 0) is 21.2 Å². The van der Waals surface area contributed by atoms with E-state index in [4.69, 9.17) is 10.8 Å². The summed E-state index contributed by atoms with van der Waals surface area (Å²) >= 11 is 0.785. The average molecular weight is 441 g/mol. The van der Waals surface area contributed by atoms with Crippen LogP contribution >= 0.6 is 11.3 Å². The van der Waals surface area contributed by atoms with E-state index in [9.17, 15) is 22.4 Å². The molecule has 4 N–H and O–H groups in total. The number of thiazole rings is 1. The Kier molecular flexibility index (Phi) is 5.79. The number of halogens is 1. The van der Waals surface area contributed by atoms with Gasteiger partial charge in [0, 0.05) is 13.0 Å². The number of hydrogen-bond donors (Lipinski definition) is 3. The molecule has 3 rings (SSSR count). The number of aromatic carboxylic acids is 1. The first-order valence-electron chi connectivity index (χ1n) is 8.22. The van der Waals surface area contributed by atoms with Crippen LogP contribution in [0.3, 0.4) is 0 Å². The van der Waals surface area contributed by atoms with Gasteiger partial charge in [-0.05, 0) is 17.7 Å². The van der Waals surface area contributed by atoms with Gasteiger partial charge in [-0.2, -0.15) is 0 Å². The highest BCUT2D eigenvalue weighted by Crippen LogP contribution is 2.25. The molecule has 0 unspecified atom stereocenters. The summed E-state index contributed by atoms with van der Waals surface area (Å²) in [7, 11) is -4.24. The van der Waals surface area contributed by atoms with Gasteiger partial charge in [0.15, 0.2) is 17.4 Å². The summed E-state index contributed by atoms with van der Waals surface area (Å²) in [5.41, 5.74) is 6.40. The number of benzene rings is 1. The molecule has 0 atom stereocenters. The predicted molar refractivity (Wildman–Crippen MR) is 103 cm³/mol. The molecule has 0 radical (unpaired) electrons. The largest absolute Gasteiger partial charge is 0.476 e. The van der Waals surface area contributed by atoms with E-state index >= 15 is 0 Å². The maximum absolute atomic E-state index is 14.4. The third-order valence-electron chi connectivity index (χ3n) is 4.05. The second-order valence-corrected chi connectivity index (χ2v) is 8.61. The molecule has 0 saturated carbocycles. The summed E-state index contributed by atoms with van der Waals surface area (Å²) in [6.07, 6.45) is -0.235. The van der Waals surface area contributed by atoms with Gasteiger partial charge >= 0.3 is 5.97 Å². The first kappa shape index (κ1) is 20.7. The fourth-order valence-electron chi connectivity index (χ4n) is 2.63. The van der Waals surface area contributed by atoms with E-state index in [0.717, 1.165) is 23.5 Å². The summed E-state index contributed by atoms with van der Waals surface area (Å²) in [5, 5.41) is 8.81. The van der Waals surface area contributed by atoms with Crippen LogP contribution in [0.1, 0.15) is 16.1 Å². The van der Waals surface area contributed by atoms with Gasteiger partial charge in [0.25, 0.3) is 10.0 Å². The van der Waals surface area contributed by atoms with Crippen molar-refractivity contribution in [2.24, 2.45) is 10.7 Å². The van der Waals surface area contributed by atoms with Gasteiger partial charge in [0.05, 0.1) is 23.5 Å². The Morgan fingerprint density at radius 3 is 2.76 bits per heavy atom. The fourth-order valence-corrected chi connectivity index (χ4v) is 4.63. The topological polar surface area (TPSA) is 155 Å². The van der Waals surface area contributed by atoms with Crippen LogP contribution in [-0.4, -0.2) is 60.8 Å². The molecule has 0 spiro atoms. The van der Waals surface area contributed by atoms with Gasteiger partial charge in [0.1, 0.15) is 10.8 Å². The van der Waals surface area contributed by atoms with E-state index in [0.29, 0.717) is 13.1 Å². The highest BCUT2D eigenvalue weighted by atomic mass is 32.2. The molecule has 0 fully saturated rings. The number of nitrogens with one attached hydrogen (secondary N) is 1. The smallest absolute Gasteiger partial charge is 0.357 e. The molecule has 13 heteroatoms. The highest BCUT2D eigenvalue weighted by Gasteiger charge is 2.23. The molecular formula is C16H16FN5O5S2. The number of carbonyl (C=O) groups is 2. The summed E-state index contributed by atoms with van der Waals surface area (Å²) in [4.78, 5) is 31.9. The summed E-state index contributed by atoms with van der Waals surface area (Å²) in [6, 6.07) is 3.12. The van der Waals surface area contributed by atoms with E-state index in [1.807, 2.05) is 0 Å². The number of sulfonamides is 1. The van der Waals surface area contributed by atoms with Crippen LogP contribution < -0.4 is 10.5 Å². The Hall–Kier alpha value is -3.06. The van der Waals surface area contributed by atoms with Crippen molar-refractivity contribution in [3.05, 3.63) is 40.8 Å². The lowest BCUT2D eigenvalue weighted by atomic mass is 10.1. The number of aromatic nitrogens is 1. The van der Waals surface area contributed by atoms with Crippen LogP contribution in [0.15, 0.2) is 33.6 Å². The maximum atomic E-state index is 14.4. The van der Waals surface area contributed by atoms with Crippen LogP contribution in [0.5, 0.6) is 0 Å². The fraction of sp³-hybridized carbons (Fsp3) is 0.250. The number of carboxylic acid groups (broad SMARTS) is 1. The predicted octanol–water partition coefficient (Wildman–Crippen LogP) is 0.523. The number of anilines is 1. The minimum atomic E-state index is -4.24. The van der Waals surface area contributed by atoms with Crippen molar-refractivity contribution in [2.45, 2.75) is 11.3 Å². The zero-order valence-corrected chi connectivity index (χ0v) is 16.5. The molecule has 2 heterocycles. The molecule has 0 bridgehead atoms. The second kappa shape index (κ2) is 8.13. The number of aliphatic imine (C=N–C) groups is 1. The zero-order chi connectivity index (χ0) is 21.2. The van der Waals surface area contributed by atoms with E-state index in [1.165, 1.54) is 11.6 Å². The number of Topliss-reactive ketones (excluding diaryl/α,β-unsaturated/α-hetero) is 1. The summed E-state index contributed by atoms with van der Waals surface area (Å²) in [6.45, 7) is 0.995. The molecular weight excluding hydrogens is 425 g/mol. The molecule has 1 aliphatic heterocycles. The van der Waals surface area contributed by atoms with Crippen molar-refractivity contribution in [2.75, 3.05) is 24.4 Å². The Labute approximate surface area is 168 Å². The number of rotatable bonds is 8. The molecule has 0 amide bonds.